The molecule has 100 valence electrons. The van der Waals surface area contributed by atoms with Crippen LogP contribution in [0.5, 0.6) is 0 Å². The van der Waals surface area contributed by atoms with Crippen molar-refractivity contribution in [3.05, 3.63) is 58.0 Å². The van der Waals surface area contributed by atoms with Crippen molar-refractivity contribution in [2.24, 2.45) is 0 Å². The van der Waals surface area contributed by atoms with Gasteiger partial charge in [-0.25, -0.2) is 9.55 Å². The highest BCUT2D eigenvalue weighted by atomic mass is 16.6. The molecule has 0 fully saturated rings. The fourth-order valence-electron chi connectivity index (χ4n) is 1.90. The Balaban J connectivity index is 1.86. The summed E-state index contributed by atoms with van der Waals surface area (Å²) in [6.07, 6.45) is 1.30. The van der Waals surface area contributed by atoms with Crippen LogP contribution >= 0.6 is 0 Å². The van der Waals surface area contributed by atoms with Gasteiger partial charge in [-0.1, -0.05) is 30.3 Å². The van der Waals surface area contributed by atoms with Crippen LogP contribution in [0.1, 0.15) is 11.4 Å². The van der Waals surface area contributed by atoms with Gasteiger partial charge in [0.2, 0.25) is 0 Å². The zero-order chi connectivity index (χ0) is 13.7. The Bertz CT molecular complexity index is 551. The van der Waals surface area contributed by atoms with Crippen LogP contribution in [-0.2, 0) is 13.1 Å². The maximum atomic E-state index is 10.8. The van der Waals surface area contributed by atoms with E-state index in [1.54, 1.807) is 11.5 Å². The molecule has 0 aliphatic rings. The summed E-state index contributed by atoms with van der Waals surface area (Å²) in [5.41, 5.74) is 1.19. The van der Waals surface area contributed by atoms with Gasteiger partial charge in [-0.3, -0.25) is 0 Å². The quantitative estimate of drug-likeness (QED) is 0.489. The maximum absolute atomic E-state index is 10.8. The molecule has 0 bridgehead atoms. The predicted molar refractivity (Wildman–Crippen MR) is 71.8 cm³/mol. The summed E-state index contributed by atoms with van der Waals surface area (Å²) < 4.78 is 1.61. The summed E-state index contributed by atoms with van der Waals surface area (Å²) in [6.45, 7) is 3.72. The topological polar surface area (TPSA) is 73.0 Å². The molecule has 0 unspecified atom stereocenters. The van der Waals surface area contributed by atoms with E-state index in [1.807, 2.05) is 30.3 Å². The molecular weight excluding hydrogens is 244 g/mol. The first-order chi connectivity index (χ1) is 9.18. The highest BCUT2D eigenvalue weighted by Gasteiger charge is 2.16. The van der Waals surface area contributed by atoms with E-state index >= 15 is 0 Å². The van der Waals surface area contributed by atoms with Crippen molar-refractivity contribution in [3.8, 4) is 0 Å². The number of nitrogens with zero attached hydrogens (tertiary/aromatic N) is 3. The minimum Gasteiger partial charge on any atom is -0.358 e. The third-order valence-electron chi connectivity index (χ3n) is 2.91. The lowest BCUT2D eigenvalue weighted by molar-refractivity contribution is -0.392. The molecule has 1 N–H and O–H groups in total. The molecular formula is C13H16N4O2. The van der Waals surface area contributed by atoms with E-state index in [4.69, 9.17) is 0 Å². The third-order valence-corrected chi connectivity index (χ3v) is 2.91. The standard InChI is InChI=1S/C13H16N4O2/c1-11-15-10-13(17(18)19)16(11)8-7-14-9-12-5-3-2-4-6-12/h2-6,10,14H,7-9H2,1H3. The number of nitro groups is 1. The molecule has 0 aliphatic carbocycles. The van der Waals surface area contributed by atoms with Crippen LogP contribution in [0.3, 0.4) is 0 Å². The first kappa shape index (κ1) is 13.2. The van der Waals surface area contributed by atoms with E-state index in [0.29, 0.717) is 18.9 Å². The molecule has 1 aromatic heterocycles. The van der Waals surface area contributed by atoms with Gasteiger partial charge < -0.3 is 15.4 Å². The monoisotopic (exact) mass is 260 g/mol. The molecule has 0 radical (unpaired) electrons. The molecule has 6 nitrogen and oxygen atoms in total. The van der Waals surface area contributed by atoms with Gasteiger partial charge in [0.25, 0.3) is 0 Å². The van der Waals surface area contributed by atoms with Crippen molar-refractivity contribution in [2.75, 3.05) is 6.54 Å². The van der Waals surface area contributed by atoms with Gasteiger partial charge in [-0.2, -0.15) is 0 Å². The second-order valence-corrected chi connectivity index (χ2v) is 4.23. The van der Waals surface area contributed by atoms with Gasteiger partial charge in [0.1, 0.15) is 12.7 Å². The normalized spacial score (nSPS) is 10.6. The molecule has 2 rings (SSSR count). The van der Waals surface area contributed by atoms with E-state index in [9.17, 15) is 10.1 Å². The average molecular weight is 260 g/mol. The first-order valence-corrected chi connectivity index (χ1v) is 6.09. The molecule has 6 heteroatoms. The highest BCUT2D eigenvalue weighted by Crippen LogP contribution is 2.12. The van der Waals surface area contributed by atoms with E-state index in [-0.39, 0.29) is 5.82 Å². The Morgan fingerprint density at radius 1 is 1.37 bits per heavy atom. The Hall–Kier alpha value is -2.21. The second-order valence-electron chi connectivity index (χ2n) is 4.23. The van der Waals surface area contributed by atoms with Crippen LogP contribution in [0.15, 0.2) is 36.5 Å². The van der Waals surface area contributed by atoms with Crippen molar-refractivity contribution in [1.82, 2.24) is 14.9 Å². The van der Waals surface area contributed by atoms with Gasteiger partial charge in [-0.05, 0) is 10.5 Å². The number of benzene rings is 1. The molecule has 0 atom stereocenters. The van der Waals surface area contributed by atoms with Crippen LogP contribution in [0.2, 0.25) is 0 Å². The Morgan fingerprint density at radius 3 is 2.79 bits per heavy atom. The van der Waals surface area contributed by atoms with E-state index < -0.39 is 4.92 Å². The highest BCUT2D eigenvalue weighted by molar-refractivity contribution is 5.18. The molecule has 0 aliphatic heterocycles. The number of nitrogens with one attached hydrogen (secondary N) is 1. The second kappa shape index (κ2) is 6.10. The van der Waals surface area contributed by atoms with Crippen LogP contribution in [-0.4, -0.2) is 21.0 Å². The fourth-order valence-corrected chi connectivity index (χ4v) is 1.90. The summed E-state index contributed by atoms with van der Waals surface area (Å²) in [6, 6.07) is 10.0. The first-order valence-electron chi connectivity index (χ1n) is 6.09. The zero-order valence-electron chi connectivity index (χ0n) is 10.7. The van der Waals surface area contributed by atoms with E-state index in [1.165, 1.54) is 11.8 Å². The molecule has 0 saturated carbocycles. The summed E-state index contributed by atoms with van der Waals surface area (Å²) in [7, 11) is 0. The summed E-state index contributed by atoms with van der Waals surface area (Å²) in [5.74, 6) is 0.701. The summed E-state index contributed by atoms with van der Waals surface area (Å²) in [5, 5.41) is 14.1. The summed E-state index contributed by atoms with van der Waals surface area (Å²) >= 11 is 0. The van der Waals surface area contributed by atoms with Gasteiger partial charge >= 0.3 is 5.82 Å². The van der Waals surface area contributed by atoms with Crippen molar-refractivity contribution in [3.63, 3.8) is 0 Å². The Kier molecular flexibility index (Phi) is 4.25. The summed E-state index contributed by atoms with van der Waals surface area (Å²) in [4.78, 5) is 14.4. The molecule has 2 aromatic rings. The van der Waals surface area contributed by atoms with Crippen LogP contribution < -0.4 is 5.32 Å². The lowest BCUT2D eigenvalue weighted by Crippen LogP contribution is -2.20. The molecule has 1 aromatic carbocycles. The zero-order valence-corrected chi connectivity index (χ0v) is 10.7. The van der Waals surface area contributed by atoms with Gasteiger partial charge in [0.15, 0.2) is 5.82 Å². The smallest absolute Gasteiger partial charge is 0.342 e. The third kappa shape index (κ3) is 3.38. The molecule has 1 heterocycles. The number of rotatable bonds is 6. The molecule has 0 saturated heterocycles. The average Bonchev–Trinajstić information content (AvgIpc) is 2.77. The van der Waals surface area contributed by atoms with E-state index in [0.717, 1.165) is 6.54 Å². The van der Waals surface area contributed by atoms with Gasteiger partial charge in [0.05, 0.1) is 0 Å². The van der Waals surface area contributed by atoms with Crippen LogP contribution in [0.4, 0.5) is 5.82 Å². The fraction of sp³-hybridized carbons (Fsp3) is 0.308. The molecule has 0 spiro atoms. The van der Waals surface area contributed by atoms with Crippen molar-refractivity contribution in [2.45, 2.75) is 20.0 Å². The number of hydrogen-bond acceptors (Lipinski definition) is 4. The van der Waals surface area contributed by atoms with E-state index in [2.05, 4.69) is 10.3 Å². The SMILES string of the molecule is Cc1ncc([N+](=O)[O-])n1CCNCc1ccccc1. The lowest BCUT2D eigenvalue weighted by Gasteiger charge is -2.05. The number of aryl methyl sites for hydroxylation is 1. The van der Waals surface area contributed by atoms with Crippen molar-refractivity contribution in [1.29, 1.82) is 0 Å². The number of imidazole rings is 1. The Morgan fingerprint density at radius 2 is 2.11 bits per heavy atom. The Labute approximate surface area is 111 Å². The van der Waals surface area contributed by atoms with Gasteiger partial charge in [0, 0.05) is 20.0 Å². The number of hydrogen-bond donors (Lipinski definition) is 1. The lowest BCUT2D eigenvalue weighted by atomic mass is 10.2. The number of aromatic nitrogens is 2. The maximum Gasteiger partial charge on any atom is 0.342 e. The minimum atomic E-state index is -0.406. The molecule has 19 heavy (non-hydrogen) atoms. The van der Waals surface area contributed by atoms with Crippen LogP contribution in [0.25, 0.3) is 0 Å². The van der Waals surface area contributed by atoms with Crippen molar-refractivity contribution < 1.29 is 4.92 Å². The largest absolute Gasteiger partial charge is 0.358 e. The minimum absolute atomic E-state index is 0.0408. The van der Waals surface area contributed by atoms with Crippen molar-refractivity contribution >= 4 is 5.82 Å². The molecule has 0 amide bonds. The van der Waals surface area contributed by atoms with Gasteiger partial charge in [-0.15, -0.1) is 0 Å². The predicted octanol–water partition coefficient (Wildman–Crippen LogP) is 1.89. The van der Waals surface area contributed by atoms with Crippen LogP contribution in [0, 0.1) is 17.0 Å².